The number of fused-ring (bicyclic) bond motifs is 6. The normalized spacial score (nSPS) is 12.6. The Morgan fingerprint density at radius 3 is 1.02 bits per heavy atom. The molecule has 0 aliphatic carbocycles. The molecule has 81 heavy (non-hydrogen) atoms. The molecule has 0 saturated carbocycles. The van der Waals surface area contributed by atoms with Gasteiger partial charge in [0.15, 0.2) is 0 Å². The quantitative estimate of drug-likeness (QED) is 0.111. The van der Waals surface area contributed by atoms with Crippen molar-refractivity contribution in [1.82, 2.24) is 0 Å². The molecule has 0 fully saturated rings. The second kappa shape index (κ2) is 19.4. The van der Waals surface area contributed by atoms with Gasteiger partial charge in [-0.2, -0.15) is 0 Å². The van der Waals surface area contributed by atoms with Gasteiger partial charge in [0.2, 0.25) is 0 Å². The third-order valence-electron chi connectivity index (χ3n) is 16.9. The second-order valence-corrected chi connectivity index (χ2v) is 22.8. The van der Waals surface area contributed by atoms with Crippen LogP contribution in [0.1, 0.15) is 26.3 Å². The molecule has 0 aromatic heterocycles. The van der Waals surface area contributed by atoms with E-state index in [1.54, 1.807) is 0 Å². The minimum atomic E-state index is -0.246. The van der Waals surface area contributed by atoms with Gasteiger partial charge in [-0.25, -0.2) is 0 Å². The topological polar surface area (TPSA) is 6.48 Å². The van der Waals surface area contributed by atoms with Crippen molar-refractivity contribution in [3.63, 3.8) is 0 Å². The number of rotatable bonds is 8. The molecular weight excluding hydrogens is 976 g/mol. The number of benzene rings is 13. The minimum Gasteiger partial charge on any atom is -0.310 e. The number of anilines is 6. The van der Waals surface area contributed by atoms with E-state index < -0.39 is 0 Å². The fraction of sp³-hybridized carbons (Fsp3) is 0.0513. The van der Waals surface area contributed by atoms with Crippen LogP contribution in [-0.2, 0) is 5.41 Å². The number of hydrogen-bond donors (Lipinski definition) is 0. The van der Waals surface area contributed by atoms with Crippen molar-refractivity contribution in [1.29, 1.82) is 0 Å². The first-order valence-corrected chi connectivity index (χ1v) is 28.3. The van der Waals surface area contributed by atoms with Crippen molar-refractivity contribution in [2.75, 3.05) is 9.80 Å². The molecule has 0 bridgehead atoms. The Morgan fingerprint density at radius 1 is 0.259 bits per heavy atom. The summed E-state index contributed by atoms with van der Waals surface area (Å²) < 4.78 is 0. The fourth-order valence-electron chi connectivity index (χ4n) is 13.0. The molecular formula is C78H57BN2. The molecule has 0 radical (unpaired) electrons. The first-order chi connectivity index (χ1) is 39.8. The molecule has 13 aromatic carbocycles. The zero-order valence-electron chi connectivity index (χ0n) is 45.7. The van der Waals surface area contributed by atoms with Crippen molar-refractivity contribution < 1.29 is 0 Å². The van der Waals surface area contributed by atoms with Gasteiger partial charge in [-0.15, -0.1) is 0 Å². The summed E-state index contributed by atoms with van der Waals surface area (Å²) in [5.41, 5.74) is 25.9. The van der Waals surface area contributed by atoms with E-state index in [9.17, 15) is 0 Å². The second-order valence-electron chi connectivity index (χ2n) is 22.8. The van der Waals surface area contributed by atoms with Crippen LogP contribution in [0.25, 0.3) is 88.3 Å². The molecule has 13 aromatic rings. The maximum Gasteiger partial charge on any atom is 0.252 e. The smallest absolute Gasteiger partial charge is 0.252 e. The maximum atomic E-state index is 2.67. The van der Waals surface area contributed by atoms with Gasteiger partial charge in [0, 0.05) is 45.0 Å². The van der Waals surface area contributed by atoms with E-state index in [2.05, 4.69) is 322 Å². The average molecular weight is 1030 g/mol. The summed E-state index contributed by atoms with van der Waals surface area (Å²) in [6, 6.07) is 109. The van der Waals surface area contributed by atoms with Crippen LogP contribution in [0.5, 0.6) is 0 Å². The Hall–Kier alpha value is -9.96. The number of para-hydroxylation sites is 2. The largest absolute Gasteiger partial charge is 0.310 e. The van der Waals surface area contributed by atoms with Crippen LogP contribution in [0, 0.1) is 0 Å². The molecule has 2 aliphatic heterocycles. The van der Waals surface area contributed by atoms with E-state index >= 15 is 0 Å². The molecule has 15 rings (SSSR count). The lowest BCUT2D eigenvalue weighted by molar-refractivity contribution is 0.590. The molecule has 0 unspecified atom stereocenters. The predicted octanol–water partition coefficient (Wildman–Crippen LogP) is 19.4. The molecule has 0 atom stereocenters. The van der Waals surface area contributed by atoms with Crippen LogP contribution >= 0.6 is 0 Å². The van der Waals surface area contributed by atoms with Gasteiger partial charge in [0.25, 0.3) is 6.71 Å². The van der Waals surface area contributed by atoms with E-state index in [4.69, 9.17) is 0 Å². The van der Waals surface area contributed by atoms with Gasteiger partial charge in [0.1, 0.15) is 0 Å². The maximum absolute atomic E-state index is 2.67. The third kappa shape index (κ3) is 8.27. The highest BCUT2D eigenvalue weighted by Crippen LogP contribution is 2.54. The summed E-state index contributed by atoms with van der Waals surface area (Å²) in [4.78, 5) is 5.33. The highest BCUT2D eigenvalue weighted by atomic mass is 15.2. The van der Waals surface area contributed by atoms with Gasteiger partial charge in [0.05, 0.1) is 11.4 Å². The average Bonchev–Trinajstić information content (AvgIpc) is 1.90. The van der Waals surface area contributed by atoms with Gasteiger partial charge < -0.3 is 9.80 Å². The number of hydrogen-bond acceptors (Lipinski definition) is 2. The third-order valence-corrected chi connectivity index (χ3v) is 16.9. The van der Waals surface area contributed by atoms with E-state index in [0.717, 1.165) is 22.5 Å². The molecule has 0 spiro atoms. The lowest BCUT2D eigenvalue weighted by Gasteiger charge is -2.46. The molecule has 2 aliphatic rings. The van der Waals surface area contributed by atoms with Crippen molar-refractivity contribution in [3.8, 4) is 66.8 Å². The summed E-state index contributed by atoms with van der Waals surface area (Å²) in [6.07, 6.45) is 0. The molecule has 382 valence electrons. The Balaban J connectivity index is 1.09. The van der Waals surface area contributed by atoms with Gasteiger partial charge >= 0.3 is 0 Å². The van der Waals surface area contributed by atoms with E-state index in [-0.39, 0.29) is 12.1 Å². The summed E-state index contributed by atoms with van der Waals surface area (Å²) in [5.74, 6) is 0. The number of nitrogens with zero attached hydrogens (tertiary/aromatic N) is 2. The molecule has 3 heteroatoms. The van der Waals surface area contributed by atoms with Gasteiger partial charge in [-0.3, -0.25) is 0 Å². The van der Waals surface area contributed by atoms with Crippen LogP contribution in [-0.4, -0.2) is 6.71 Å². The van der Waals surface area contributed by atoms with Crippen LogP contribution in [0.15, 0.2) is 291 Å². The SMILES string of the molecule is CC(C)(C)c1cc2c3c(c1)N(c1c(-c4ccccc4)cccc1-c1ccccc1)c1cc(-c4ccc5cc6ccccc6cc5c4)ccc1B3c1ccc(-c3ccccc3)cc1N2c1c(-c2ccccc2)cccc1-c1ccccc1. The standard InChI is InChI=1S/C78H57BN2/c1-78(2,3)64-50-73-75-74(51-64)81(77-67(55-29-15-7-16-30-55)37-22-38-68(77)56-31-17-8-18-32-56)72-49-62(59-39-40-60-45-57-33-19-20-34-58(57)46-63(60)47-59)42-44-70(72)79(75)69-43-41-61(52-23-9-4-10-24-52)48-71(69)80(73)76-65(53-25-11-5-12-26-53)35-21-36-66(76)54-27-13-6-14-28-54/h4-51H,1-3H3. The summed E-state index contributed by atoms with van der Waals surface area (Å²) in [6.45, 7) is 6.99. The van der Waals surface area contributed by atoms with Crippen molar-refractivity contribution in [2.24, 2.45) is 0 Å². The minimum absolute atomic E-state index is 0.128. The van der Waals surface area contributed by atoms with E-state index in [1.807, 2.05) is 0 Å². The van der Waals surface area contributed by atoms with E-state index in [1.165, 1.54) is 122 Å². The monoisotopic (exact) mass is 1030 g/mol. The lowest BCUT2D eigenvalue weighted by atomic mass is 9.33. The fourth-order valence-corrected chi connectivity index (χ4v) is 13.0. The van der Waals surface area contributed by atoms with Crippen molar-refractivity contribution in [3.05, 3.63) is 297 Å². The molecule has 2 nitrogen and oxygen atoms in total. The van der Waals surface area contributed by atoms with Crippen LogP contribution in [0.3, 0.4) is 0 Å². The van der Waals surface area contributed by atoms with Crippen LogP contribution in [0.2, 0.25) is 0 Å². The van der Waals surface area contributed by atoms with Crippen molar-refractivity contribution in [2.45, 2.75) is 26.2 Å². The summed E-state index contributed by atoms with van der Waals surface area (Å²) in [5, 5.41) is 4.96. The van der Waals surface area contributed by atoms with Crippen molar-refractivity contribution >= 4 is 78.8 Å². The highest BCUT2D eigenvalue weighted by molar-refractivity contribution is 7.00. The Kier molecular flexibility index (Phi) is 11.6. The Bertz CT molecular complexity index is 4430. The van der Waals surface area contributed by atoms with Gasteiger partial charge in [-0.05, 0) is 136 Å². The lowest BCUT2D eigenvalue weighted by Crippen LogP contribution is -2.61. The van der Waals surface area contributed by atoms with E-state index in [0.29, 0.717) is 0 Å². The predicted molar refractivity (Wildman–Crippen MR) is 347 cm³/mol. The van der Waals surface area contributed by atoms with Crippen LogP contribution in [0.4, 0.5) is 34.1 Å². The first kappa shape index (κ1) is 48.2. The first-order valence-electron chi connectivity index (χ1n) is 28.3. The zero-order valence-corrected chi connectivity index (χ0v) is 45.7. The summed E-state index contributed by atoms with van der Waals surface area (Å²) in [7, 11) is 0. The molecule has 0 N–H and O–H groups in total. The highest BCUT2D eigenvalue weighted by Gasteiger charge is 2.46. The van der Waals surface area contributed by atoms with Crippen LogP contribution < -0.4 is 26.2 Å². The Morgan fingerprint density at radius 2 is 0.605 bits per heavy atom. The zero-order chi connectivity index (χ0) is 54.2. The Labute approximate surface area is 475 Å². The molecule has 2 heterocycles. The summed E-state index contributed by atoms with van der Waals surface area (Å²) >= 11 is 0. The van der Waals surface area contributed by atoms with Gasteiger partial charge in [-0.1, -0.05) is 269 Å². The molecule has 0 amide bonds. The molecule has 0 saturated heterocycles.